The van der Waals surface area contributed by atoms with Crippen molar-refractivity contribution in [1.82, 2.24) is 4.31 Å². The Morgan fingerprint density at radius 3 is 2.42 bits per heavy atom. The maximum Gasteiger partial charge on any atom is 0.243 e. The summed E-state index contributed by atoms with van der Waals surface area (Å²) in [6.07, 6.45) is 1.74. The highest BCUT2D eigenvalue weighted by Gasteiger charge is 2.38. The number of halogens is 1. The third-order valence-corrected chi connectivity index (χ3v) is 6.29. The van der Waals surface area contributed by atoms with Gasteiger partial charge >= 0.3 is 0 Å². The van der Waals surface area contributed by atoms with Crippen LogP contribution in [0.3, 0.4) is 0 Å². The van der Waals surface area contributed by atoms with Gasteiger partial charge in [0.2, 0.25) is 10.0 Å². The minimum Gasteiger partial charge on any atom is -0.207 e. The SMILES string of the molecule is Cc1ccc(CN(C2CC2)S(=O)(=O)c2ccc(C#N)c(Cl)c2)cc1. The zero-order valence-electron chi connectivity index (χ0n) is 13.2. The molecule has 0 N–H and O–H groups in total. The van der Waals surface area contributed by atoms with Crippen LogP contribution >= 0.6 is 11.6 Å². The van der Waals surface area contributed by atoms with Crippen LogP contribution in [0.4, 0.5) is 0 Å². The summed E-state index contributed by atoms with van der Waals surface area (Å²) >= 11 is 6.01. The largest absolute Gasteiger partial charge is 0.243 e. The van der Waals surface area contributed by atoms with Crippen LogP contribution < -0.4 is 0 Å². The molecule has 1 aliphatic rings. The number of nitrogens with zero attached hydrogens (tertiary/aromatic N) is 2. The van der Waals surface area contributed by atoms with E-state index in [1.165, 1.54) is 22.5 Å². The van der Waals surface area contributed by atoms with Gasteiger partial charge in [0.25, 0.3) is 0 Å². The molecule has 1 aliphatic carbocycles. The summed E-state index contributed by atoms with van der Waals surface area (Å²) < 4.78 is 27.6. The van der Waals surface area contributed by atoms with Crippen molar-refractivity contribution in [3.63, 3.8) is 0 Å². The van der Waals surface area contributed by atoms with Crippen LogP contribution in [-0.4, -0.2) is 18.8 Å². The molecule has 0 saturated heterocycles. The van der Waals surface area contributed by atoms with Crippen LogP contribution in [0.1, 0.15) is 29.5 Å². The van der Waals surface area contributed by atoms with E-state index in [0.29, 0.717) is 6.54 Å². The van der Waals surface area contributed by atoms with Gasteiger partial charge in [-0.2, -0.15) is 9.57 Å². The van der Waals surface area contributed by atoms with Crippen molar-refractivity contribution in [3.05, 3.63) is 64.2 Å². The topological polar surface area (TPSA) is 61.2 Å². The Morgan fingerprint density at radius 1 is 1.21 bits per heavy atom. The van der Waals surface area contributed by atoms with Crippen molar-refractivity contribution < 1.29 is 8.42 Å². The normalized spacial score (nSPS) is 14.6. The second kappa shape index (κ2) is 6.56. The number of rotatable bonds is 5. The first-order valence-electron chi connectivity index (χ1n) is 7.69. The van der Waals surface area contributed by atoms with E-state index in [0.717, 1.165) is 24.0 Å². The second-order valence-corrected chi connectivity index (χ2v) is 8.32. The fraction of sp³-hybridized carbons (Fsp3) is 0.278. The van der Waals surface area contributed by atoms with Gasteiger partial charge in [0.1, 0.15) is 6.07 Å². The molecule has 0 spiro atoms. The molecule has 0 radical (unpaired) electrons. The molecule has 0 atom stereocenters. The molecule has 0 bridgehead atoms. The Hall–Kier alpha value is -1.87. The van der Waals surface area contributed by atoms with Crippen molar-refractivity contribution in [2.24, 2.45) is 0 Å². The monoisotopic (exact) mass is 360 g/mol. The number of hydrogen-bond acceptors (Lipinski definition) is 3. The first-order chi connectivity index (χ1) is 11.4. The third kappa shape index (κ3) is 3.46. The summed E-state index contributed by atoms with van der Waals surface area (Å²) in [7, 11) is -3.65. The third-order valence-electron chi connectivity index (χ3n) is 4.08. The minimum atomic E-state index is -3.65. The molecule has 3 rings (SSSR count). The summed E-state index contributed by atoms with van der Waals surface area (Å²) in [4.78, 5) is 0.130. The minimum absolute atomic E-state index is 0.0331. The maximum absolute atomic E-state index is 13.0. The van der Waals surface area contributed by atoms with Gasteiger partial charge in [-0.3, -0.25) is 0 Å². The molecule has 2 aromatic rings. The number of sulfonamides is 1. The summed E-state index contributed by atoms with van der Waals surface area (Å²) in [6, 6.07) is 14.1. The molecule has 2 aromatic carbocycles. The van der Waals surface area contributed by atoms with Crippen molar-refractivity contribution in [2.45, 2.75) is 37.2 Å². The van der Waals surface area contributed by atoms with Crippen LogP contribution in [-0.2, 0) is 16.6 Å². The average molecular weight is 361 g/mol. The molecule has 4 nitrogen and oxygen atoms in total. The molecular weight excluding hydrogens is 344 g/mol. The standard InChI is InChI=1S/C18H17ClN2O2S/c1-13-2-4-14(5-3-13)12-21(16-7-8-16)24(22,23)17-9-6-15(11-20)18(19)10-17/h2-6,9-10,16H,7-8,12H2,1H3. The second-order valence-electron chi connectivity index (χ2n) is 6.02. The van der Waals surface area contributed by atoms with Gasteiger partial charge in [-0.15, -0.1) is 0 Å². The molecule has 24 heavy (non-hydrogen) atoms. The van der Waals surface area contributed by atoms with Gasteiger partial charge < -0.3 is 0 Å². The number of benzene rings is 2. The van der Waals surface area contributed by atoms with Gasteiger partial charge in [-0.05, 0) is 43.5 Å². The quantitative estimate of drug-likeness (QED) is 0.813. The predicted octanol–water partition coefficient (Wildman–Crippen LogP) is 3.87. The molecule has 0 unspecified atom stereocenters. The lowest BCUT2D eigenvalue weighted by Crippen LogP contribution is -2.32. The molecule has 0 aliphatic heterocycles. The fourth-order valence-electron chi connectivity index (χ4n) is 2.53. The number of hydrogen-bond donors (Lipinski definition) is 0. The van der Waals surface area contributed by atoms with E-state index >= 15 is 0 Å². The highest BCUT2D eigenvalue weighted by atomic mass is 35.5. The van der Waals surface area contributed by atoms with Crippen molar-refractivity contribution >= 4 is 21.6 Å². The summed E-state index contributed by atoms with van der Waals surface area (Å²) in [5.74, 6) is 0. The smallest absolute Gasteiger partial charge is 0.207 e. The lowest BCUT2D eigenvalue weighted by Gasteiger charge is -2.22. The van der Waals surface area contributed by atoms with Gasteiger partial charge in [0, 0.05) is 12.6 Å². The first kappa shape index (κ1) is 17.0. The summed E-state index contributed by atoms with van der Waals surface area (Å²) in [6.45, 7) is 2.34. The molecular formula is C18H17ClN2O2S. The lowest BCUT2D eigenvalue weighted by atomic mass is 10.1. The van der Waals surface area contributed by atoms with E-state index in [4.69, 9.17) is 16.9 Å². The Balaban J connectivity index is 1.94. The van der Waals surface area contributed by atoms with Crippen LogP contribution in [0.5, 0.6) is 0 Å². The van der Waals surface area contributed by atoms with Gasteiger partial charge in [-0.25, -0.2) is 8.42 Å². The van der Waals surface area contributed by atoms with Gasteiger partial charge in [0.05, 0.1) is 15.5 Å². The number of nitriles is 1. The van der Waals surface area contributed by atoms with E-state index < -0.39 is 10.0 Å². The molecule has 124 valence electrons. The van der Waals surface area contributed by atoms with Crippen LogP contribution in [0.25, 0.3) is 0 Å². The Morgan fingerprint density at radius 2 is 1.88 bits per heavy atom. The van der Waals surface area contributed by atoms with Gasteiger partial charge in [0.15, 0.2) is 0 Å². The molecule has 0 aromatic heterocycles. The fourth-order valence-corrected chi connectivity index (χ4v) is 4.52. The van der Waals surface area contributed by atoms with Crippen LogP contribution in [0.2, 0.25) is 5.02 Å². The molecule has 0 heterocycles. The van der Waals surface area contributed by atoms with E-state index in [2.05, 4.69) is 0 Å². The zero-order valence-corrected chi connectivity index (χ0v) is 14.8. The van der Waals surface area contributed by atoms with Crippen molar-refractivity contribution in [2.75, 3.05) is 0 Å². The van der Waals surface area contributed by atoms with E-state index in [-0.39, 0.29) is 21.5 Å². The Labute approximate surface area is 147 Å². The average Bonchev–Trinajstić information content (AvgIpc) is 3.38. The Kier molecular flexibility index (Phi) is 4.64. The molecule has 6 heteroatoms. The van der Waals surface area contributed by atoms with E-state index in [1.807, 2.05) is 37.3 Å². The molecule has 0 amide bonds. The first-order valence-corrected chi connectivity index (χ1v) is 9.50. The van der Waals surface area contributed by atoms with Crippen LogP contribution in [0.15, 0.2) is 47.4 Å². The summed E-state index contributed by atoms with van der Waals surface area (Å²) in [5, 5.41) is 9.10. The van der Waals surface area contributed by atoms with Gasteiger partial charge in [-0.1, -0.05) is 41.4 Å². The van der Waals surface area contributed by atoms with Crippen molar-refractivity contribution in [3.8, 4) is 6.07 Å². The highest BCUT2D eigenvalue weighted by molar-refractivity contribution is 7.89. The predicted molar refractivity (Wildman–Crippen MR) is 93.1 cm³/mol. The van der Waals surface area contributed by atoms with Crippen molar-refractivity contribution in [1.29, 1.82) is 5.26 Å². The van der Waals surface area contributed by atoms with Crippen LogP contribution in [0, 0.1) is 18.3 Å². The zero-order chi connectivity index (χ0) is 17.3. The lowest BCUT2D eigenvalue weighted by molar-refractivity contribution is 0.398. The molecule has 1 fully saturated rings. The highest BCUT2D eigenvalue weighted by Crippen LogP contribution is 2.34. The summed E-state index contributed by atoms with van der Waals surface area (Å²) in [5.41, 5.74) is 2.36. The molecule has 1 saturated carbocycles. The number of aryl methyl sites for hydroxylation is 1. The van der Waals surface area contributed by atoms with E-state index in [9.17, 15) is 8.42 Å². The maximum atomic E-state index is 13.0. The van der Waals surface area contributed by atoms with E-state index in [1.54, 1.807) is 0 Å². The Bertz CT molecular complexity index is 898.